The molecule has 0 spiro atoms. The van der Waals surface area contributed by atoms with Gasteiger partial charge in [0.15, 0.2) is 0 Å². The van der Waals surface area contributed by atoms with Crippen LogP contribution in [0.2, 0.25) is 0 Å². The number of rotatable bonds is 7. The fourth-order valence-corrected chi connectivity index (χ4v) is 13.2. The second-order valence-electron chi connectivity index (χ2n) is 10.7. The summed E-state index contributed by atoms with van der Waals surface area (Å²) in [6, 6.07) is 43.2. The Hall–Kier alpha value is -1.48. The van der Waals surface area contributed by atoms with Gasteiger partial charge in [0.2, 0.25) is 0 Å². The Morgan fingerprint density at radius 2 is 1.23 bits per heavy atom. The molecule has 4 aromatic rings. The summed E-state index contributed by atoms with van der Waals surface area (Å²) in [7, 11) is -0.551. The molecule has 0 aliphatic heterocycles. The summed E-state index contributed by atoms with van der Waals surface area (Å²) in [6.07, 6.45) is 14.6. The fraction of sp³-hybridized carbons (Fsp3) is 0.389. The van der Waals surface area contributed by atoms with E-state index in [1.165, 1.54) is 74.8 Å². The average molecular weight is 590 g/mol. The zero-order valence-corrected chi connectivity index (χ0v) is 25.9. The number of hydrogen-bond acceptors (Lipinski definition) is 0. The molecule has 1 atom stereocenters. The Bertz CT molecular complexity index is 1080. The minimum absolute atomic E-state index is 0. The Morgan fingerprint density at radius 3 is 1.67 bits per heavy atom. The van der Waals surface area contributed by atoms with Gasteiger partial charge in [-0.1, -0.05) is 106 Å². The van der Waals surface area contributed by atoms with Crippen LogP contribution in [0.3, 0.4) is 0 Å². The quantitative estimate of drug-likeness (QED) is 0.115. The maximum absolute atomic E-state index is 3.82. The topological polar surface area (TPSA) is 0 Å². The smallest absolute Gasteiger partial charge is 0.999 e. The molecule has 0 nitrogen and oxygen atoms in total. The van der Waals surface area contributed by atoms with E-state index in [0.717, 1.165) is 11.3 Å². The van der Waals surface area contributed by atoms with E-state index in [0.29, 0.717) is 5.66 Å². The molecular weight excluding hydrogens is 550 g/mol. The van der Waals surface area contributed by atoms with Gasteiger partial charge in [-0.15, -0.1) is 0 Å². The standard InChI is InChI=1S/C31H38P2.C5H.Fe/c1-25(32(26-15-6-2-7-16-26)27-17-8-3-9-18-27)30-23-14-24-31(30)33(28-19-10-4-11-20-28)29-21-12-5-13-22-29;1-2-4-5-3-1;/h2-3,6-9,14-18,24-25,28-29H,4-5,10-13,19-22H2,1H3;1H;/q-2;-5;+2/t25-;;/m1../s1. The molecule has 0 N–H and O–H groups in total. The Kier molecular flexibility index (Phi) is 12.6. The van der Waals surface area contributed by atoms with Crippen LogP contribution in [0.4, 0.5) is 0 Å². The molecule has 2 fully saturated rings. The maximum atomic E-state index is 3.82. The SMILES string of the molecule is C[C@H](c1[c-]cc[c-]1P(C1CCCCC1)C1CCCCC1)P(c1ccccc1)c1ccccc1.[Fe+2].[c-]1[c-][c-][cH-][c-]1. The Labute approximate surface area is 250 Å². The van der Waals surface area contributed by atoms with E-state index in [9.17, 15) is 0 Å². The van der Waals surface area contributed by atoms with Gasteiger partial charge in [0, 0.05) is 0 Å². The van der Waals surface area contributed by atoms with Crippen molar-refractivity contribution in [2.75, 3.05) is 0 Å². The molecule has 0 saturated heterocycles. The van der Waals surface area contributed by atoms with Crippen LogP contribution >= 0.6 is 15.8 Å². The third-order valence-corrected chi connectivity index (χ3v) is 14.5. The van der Waals surface area contributed by atoms with Crippen molar-refractivity contribution in [1.29, 1.82) is 0 Å². The van der Waals surface area contributed by atoms with Gasteiger partial charge >= 0.3 is 17.1 Å². The second kappa shape index (κ2) is 16.1. The van der Waals surface area contributed by atoms with Gasteiger partial charge in [-0.2, -0.15) is 0 Å². The largest absolute Gasteiger partial charge is 2.00 e. The van der Waals surface area contributed by atoms with Gasteiger partial charge in [-0.3, -0.25) is 5.56 Å². The van der Waals surface area contributed by atoms with Crippen molar-refractivity contribution < 1.29 is 17.1 Å². The van der Waals surface area contributed by atoms with E-state index in [1.807, 2.05) is 0 Å². The summed E-state index contributed by atoms with van der Waals surface area (Å²) < 4.78 is 0. The average Bonchev–Trinajstić information content (AvgIpc) is 3.72. The third kappa shape index (κ3) is 8.05. The first kappa shape index (κ1) is 30.5. The molecule has 206 valence electrons. The van der Waals surface area contributed by atoms with Gasteiger partial charge in [-0.25, -0.2) is 7.92 Å². The first-order valence-corrected chi connectivity index (χ1v) is 17.4. The van der Waals surface area contributed by atoms with Gasteiger partial charge in [0.1, 0.15) is 0 Å². The first-order chi connectivity index (χ1) is 18.8. The predicted octanol–water partition coefficient (Wildman–Crippen LogP) is 8.78. The Morgan fingerprint density at radius 1 is 0.744 bits per heavy atom. The van der Waals surface area contributed by atoms with Crippen LogP contribution in [0.5, 0.6) is 0 Å². The minimum Gasteiger partial charge on any atom is -0.999 e. The maximum Gasteiger partial charge on any atom is 2.00 e. The fourth-order valence-electron chi connectivity index (χ4n) is 6.43. The molecule has 0 unspecified atom stereocenters. The van der Waals surface area contributed by atoms with Gasteiger partial charge in [0.05, 0.1) is 0 Å². The van der Waals surface area contributed by atoms with E-state index in [4.69, 9.17) is 0 Å². The van der Waals surface area contributed by atoms with Crippen molar-refractivity contribution in [2.24, 2.45) is 0 Å². The van der Waals surface area contributed by atoms with Gasteiger partial charge < -0.3 is 53.8 Å². The molecule has 0 aromatic heterocycles. The van der Waals surface area contributed by atoms with Crippen LogP contribution in [0.25, 0.3) is 0 Å². The van der Waals surface area contributed by atoms with Crippen LogP contribution < -0.4 is 15.9 Å². The Balaban J connectivity index is 0.000000530. The van der Waals surface area contributed by atoms with Crippen LogP contribution in [-0.4, -0.2) is 11.3 Å². The van der Waals surface area contributed by atoms with Crippen LogP contribution in [0.1, 0.15) is 82.4 Å². The first-order valence-electron chi connectivity index (χ1n) is 14.5. The molecular formula is C36H39FeP2-5. The molecule has 0 bridgehead atoms. The number of hydrogen-bond donors (Lipinski definition) is 0. The van der Waals surface area contributed by atoms with Crippen molar-refractivity contribution in [3.8, 4) is 0 Å². The van der Waals surface area contributed by atoms with E-state index >= 15 is 0 Å². The van der Waals surface area contributed by atoms with Crippen molar-refractivity contribution in [1.82, 2.24) is 0 Å². The molecule has 0 radical (unpaired) electrons. The van der Waals surface area contributed by atoms with Crippen molar-refractivity contribution in [3.05, 3.63) is 115 Å². The molecule has 6 rings (SSSR count). The summed E-state index contributed by atoms with van der Waals surface area (Å²) in [5, 5.41) is 4.72. The molecule has 2 saturated carbocycles. The zero-order valence-electron chi connectivity index (χ0n) is 23.1. The molecule has 2 aliphatic rings. The molecule has 39 heavy (non-hydrogen) atoms. The van der Waals surface area contributed by atoms with Gasteiger partial charge in [-0.05, 0) is 61.2 Å². The number of benzene rings is 2. The van der Waals surface area contributed by atoms with Crippen LogP contribution in [-0.2, 0) is 17.1 Å². The van der Waals surface area contributed by atoms with E-state index in [-0.39, 0.29) is 25.0 Å². The van der Waals surface area contributed by atoms with Crippen molar-refractivity contribution in [3.63, 3.8) is 0 Å². The molecule has 2 aliphatic carbocycles. The van der Waals surface area contributed by atoms with Crippen LogP contribution in [0.15, 0.2) is 78.9 Å². The van der Waals surface area contributed by atoms with E-state index in [1.54, 1.807) is 16.9 Å². The summed E-state index contributed by atoms with van der Waals surface area (Å²) in [4.78, 5) is 0. The molecule has 3 heteroatoms. The van der Waals surface area contributed by atoms with Crippen LogP contribution in [0, 0.1) is 30.3 Å². The van der Waals surface area contributed by atoms with Gasteiger partial charge in [0.25, 0.3) is 0 Å². The predicted molar refractivity (Wildman–Crippen MR) is 166 cm³/mol. The third-order valence-electron chi connectivity index (χ3n) is 8.20. The summed E-state index contributed by atoms with van der Waals surface area (Å²) >= 11 is 0. The van der Waals surface area contributed by atoms with E-state index in [2.05, 4.69) is 110 Å². The minimum atomic E-state index is -0.459. The summed E-state index contributed by atoms with van der Waals surface area (Å²) in [5.74, 6) is 0. The zero-order chi connectivity index (χ0) is 26.0. The molecule has 0 heterocycles. The summed E-state index contributed by atoms with van der Waals surface area (Å²) in [5.41, 5.74) is 3.93. The monoisotopic (exact) mass is 589 g/mol. The summed E-state index contributed by atoms with van der Waals surface area (Å²) in [6.45, 7) is 2.50. The normalized spacial score (nSPS) is 17.3. The van der Waals surface area contributed by atoms with Crippen molar-refractivity contribution in [2.45, 2.75) is 88.1 Å². The molecule has 0 amide bonds. The molecule has 4 aromatic carbocycles. The second-order valence-corrected chi connectivity index (χ2v) is 16.0. The van der Waals surface area contributed by atoms with Crippen molar-refractivity contribution >= 4 is 31.8 Å². The van der Waals surface area contributed by atoms with E-state index < -0.39 is 7.92 Å².